The number of hydrogen-bond acceptors (Lipinski definition) is 7. The standard InChI is InChI=1S/C23H33N5O2S2/c1-15-4-3-5-20(15)28-21-17(12-16(2)22(28)29)13-24-23(26-21)25-18-6-9-27(10-7-18)31-19-8-11-32(30)14-19/h12-13,15,18-20H,3-11,14H2,1-2H3,(H,24,25,26). The van der Waals surface area contributed by atoms with Crippen molar-refractivity contribution >= 4 is 39.7 Å². The zero-order valence-electron chi connectivity index (χ0n) is 19.0. The fourth-order valence-electron chi connectivity index (χ4n) is 5.36. The molecule has 3 aliphatic rings. The van der Waals surface area contributed by atoms with E-state index in [0.29, 0.717) is 23.2 Å². The van der Waals surface area contributed by atoms with Gasteiger partial charge in [0.05, 0.1) is 0 Å². The minimum atomic E-state index is -0.612. The van der Waals surface area contributed by atoms with E-state index in [-0.39, 0.29) is 11.6 Å². The minimum absolute atomic E-state index is 0.0825. The molecule has 32 heavy (non-hydrogen) atoms. The van der Waals surface area contributed by atoms with E-state index >= 15 is 0 Å². The molecule has 0 bridgehead atoms. The smallest absolute Gasteiger partial charge is 0.255 e. The molecule has 7 nitrogen and oxygen atoms in total. The topological polar surface area (TPSA) is 80.1 Å². The van der Waals surface area contributed by atoms with Crippen molar-refractivity contribution in [2.45, 2.75) is 69.7 Å². The van der Waals surface area contributed by atoms with Gasteiger partial charge in [-0.3, -0.25) is 17.9 Å². The lowest BCUT2D eigenvalue weighted by Crippen LogP contribution is -2.37. The SMILES string of the molecule is Cc1cc2cnc(NC3CCN(SC4CCS(=O)C4)CC3)nc2n(C2CCCC2C)c1=O. The fourth-order valence-corrected chi connectivity index (χ4v) is 8.57. The molecule has 0 amide bonds. The number of hydrogen-bond donors (Lipinski definition) is 1. The normalized spacial score (nSPS) is 29.7. The molecule has 4 heterocycles. The summed E-state index contributed by atoms with van der Waals surface area (Å²) in [6, 6.07) is 2.47. The summed E-state index contributed by atoms with van der Waals surface area (Å²) in [7, 11) is -0.612. The van der Waals surface area contributed by atoms with E-state index in [0.717, 1.165) is 79.7 Å². The zero-order chi connectivity index (χ0) is 22.2. The molecule has 3 fully saturated rings. The van der Waals surface area contributed by atoms with Crippen LogP contribution < -0.4 is 10.9 Å². The fraction of sp³-hybridized carbons (Fsp3) is 0.696. The average Bonchev–Trinajstić information content (AvgIpc) is 3.38. The predicted octanol–water partition coefficient (Wildman–Crippen LogP) is 3.51. The first-order valence-electron chi connectivity index (χ1n) is 11.9. The van der Waals surface area contributed by atoms with Gasteiger partial charge in [0.1, 0.15) is 5.65 Å². The lowest BCUT2D eigenvalue weighted by molar-refractivity contribution is 0.356. The maximum atomic E-state index is 13.1. The van der Waals surface area contributed by atoms with Gasteiger partial charge in [-0.25, -0.2) is 4.98 Å². The van der Waals surface area contributed by atoms with E-state index in [1.807, 2.05) is 35.7 Å². The molecule has 0 spiro atoms. The monoisotopic (exact) mass is 475 g/mol. The van der Waals surface area contributed by atoms with Gasteiger partial charge in [-0.1, -0.05) is 25.3 Å². The number of anilines is 1. The number of pyridine rings is 1. The molecule has 0 aromatic carbocycles. The Morgan fingerprint density at radius 2 is 2.00 bits per heavy atom. The van der Waals surface area contributed by atoms with Crippen LogP contribution >= 0.6 is 11.9 Å². The molecule has 4 atom stereocenters. The van der Waals surface area contributed by atoms with Gasteiger partial charge in [0.15, 0.2) is 0 Å². The lowest BCUT2D eigenvalue weighted by Gasteiger charge is -2.32. The Labute approximate surface area is 196 Å². The Balaban J connectivity index is 1.30. The van der Waals surface area contributed by atoms with E-state index in [2.05, 4.69) is 21.5 Å². The maximum Gasteiger partial charge on any atom is 0.255 e. The molecule has 2 aromatic heterocycles. The molecule has 9 heteroatoms. The highest BCUT2D eigenvalue weighted by Crippen LogP contribution is 2.36. The summed E-state index contributed by atoms with van der Waals surface area (Å²) >= 11 is 1.90. The molecule has 2 aromatic rings. The van der Waals surface area contributed by atoms with Crippen LogP contribution in [0.3, 0.4) is 0 Å². The Morgan fingerprint density at radius 3 is 2.69 bits per heavy atom. The molecule has 4 unspecified atom stereocenters. The Kier molecular flexibility index (Phi) is 6.58. The van der Waals surface area contributed by atoms with E-state index in [1.165, 1.54) is 0 Å². The Morgan fingerprint density at radius 1 is 1.19 bits per heavy atom. The van der Waals surface area contributed by atoms with Gasteiger partial charge >= 0.3 is 0 Å². The van der Waals surface area contributed by atoms with Gasteiger partial charge in [0, 0.05) is 69.9 Å². The lowest BCUT2D eigenvalue weighted by atomic mass is 10.1. The molecular formula is C23H33N5O2S2. The number of aryl methyl sites for hydroxylation is 1. The Bertz CT molecular complexity index is 1070. The molecule has 1 saturated carbocycles. The van der Waals surface area contributed by atoms with Crippen molar-refractivity contribution in [2.75, 3.05) is 29.9 Å². The van der Waals surface area contributed by atoms with Crippen LogP contribution in [0.25, 0.3) is 11.0 Å². The van der Waals surface area contributed by atoms with E-state index < -0.39 is 10.8 Å². The molecule has 1 aliphatic carbocycles. The number of rotatable bonds is 5. The number of nitrogens with zero attached hydrogens (tertiary/aromatic N) is 4. The molecule has 1 N–H and O–H groups in total. The van der Waals surface area contributed by atoms with Gasteiger partial charge in [0.2, 0.25) is 5.95 Å². The van der Waals surface area contributed by atoms with Crippen LogP contribution in [-0.2, 0) is 10.8 Å². The van der Waals surface area contributed by atoms with Crippen molar-refractivity contribution in [2.24, 2.45) is 5.92 Å². The van der Waals surface area contributed by atoms with Crippen LogP contribution in [0, 0.1) is 12.8 Å². The van der Waals surface area contributed by atoms with Crippen molar-refractivity contribution in [3.05, 3.63) is 28.2 Å². The molecule has 2 saturated heterocycles. The summed E-state index contributed by atoms with van der Waals surface area (Å²) in [5, 5.41) is 4.99. The highest BCUT2D eigenvalue weighted by Gasteiger charge is 2.29. The second-order valence-corrected chi connectivity index (χ2v) is 12.6. The van der Waals surface area contributed by atoms with Gasteiger partial charge in [-0.15, -0.1) is 0 Å². The van der Waals surface area contributed by atoms with Crippen LogP contribution in [0.2, 0.25) is 0 Å². The number of aromatic nitrogens is 3. The number of piperidine rings is 1. The highest BCUT2D eigenvalue weighted by molar-refractivity contribution is 7.99. The van der Waals surface area contributed by atoms with E-state index in [1.54, 1.807) is 0 Å². The predicted molar refractivity (Wildman–Crippen MR) is 133 cm³/mol. The summed E-state index contributed by atoms with van der Waals surface area (Å²) in [4.78, 5) is 22.5. The summed E-state index contributed by atoms with van der Waals surface area (Å²) in [6.07, 6.45) is 8.36. The molecule has 5 rings (SSSR count). The molecule has 0 radical (unpaired) electrons. The first-order valence-corrected chi connectivity index (χ1v) is 14.2. The second-order valence-electron chi connectivity index (χ2n) is 9.62. The summed E-state index contributed by atoms with van der Waals surface area (Å²) in [5.74, 6) is 2.81. The Hall–Kier alpha value is -1.45. The van der Waals surface area contributed by atoms with Crippen LogP contribution in [0.1, 0.15) is 57.1 Å². The van der Waals surface area contributed by atoms with E-state index in [9.17, 15) is 9.00 Å². The highest BCUT2D eigenvalue weighted by atomic mass is 32.2. The maximum absolute atomic E-state index is 13.1. The van der Waals surface area contributed by atoms with Gasteiger partial charge in [-0.05, 0) is 51.0 Å². The first-order chi connectivity index (χ1) is 15.5. The number of fused-ring (bicyclic) bond motifs is 1. The van der Waals surface area contributed by atoms with Gasteiger partial charge < -0.3 is 5.32 Å². The summed E-state index contributed by atoms with van der Waals surface area (Å²) in [6.45, 7) is 6.16. The van der Waals surface area contributed by atoms with Crippen molar-refractivity contribution in [3.8, 4) is 0 Å². The summed E-state index contributed by atoms with van der Waals surface area (Å²) < 4.78 is 16.0. The molecule has 2 aliphatic heterocycles. The van der Waals surface area contributed by atoms with Crippen molar-refractivity contribution in [3.63, 3.8) is 0 Å². The van der Waals surface area contributed by atoms with Crippen molar-refractivity contribution in [1.82, 2.24) is 18.8 Å². The van der Waals surface area contributed by atoms with Crippen LogP contribution in [0.4, 0.5) is 5.95 Å². The molecular weight excluding hydrogens is 442 g/mol. The van der Waals surface area contributed by atoms with Gasteiger partial charge in [-0.2, -0.15) is 4.98 Å². The van der Waals surface area contributed by atoms with Crippen LogP contribution in [0.5, 0.6) is 0 Å². The third-order valence-corrected chi connectivity index (χ3v) is 10.3. The second kappa shape index (κ2) is 9.43. The van der Waals surface area contributed by atoms with Crippen molar-refractivity contribution in [1.29, 1.82) is 0 Å². The minimum Gasteiger partial charge on any atom is -0.351 e. The van der Waals surface area contributed by atoms with Crippen LogP contribution in [-0.4, -0.2) is 58.9 Å². The van der Waals surface area contributed by atoms with Crippen LogP contribution in [0.15, 0.2) is 17.1 Å². The third kappa shape index (κ3) is 4.61. The zero-order valence-corrected chi connectivity index (χ0v) is 20.6. The molecule has 174 valence electrons. The van der Waals surface area contributed by atoms with Crippen molar-refractivity contribution < 1.29 is 4.21 Å². The average molecular weight is 476 g/mol. The van der Waals surface area contributed by atoms with Gasteiger partial charge in [0.25, 0.3) is 5.56 Å². The van der Waals surface area contributed by atoms with E-state index in [4.69, 9.17) is 4.98 Å². The third-order valence-electron chi connectivity index (χ3n) is 7.22. The quantitative estimate of drug-likeness (QED) is 0.663. The largest absolute Gasteiger partial charge is 0.351 e. The summed E-state index contributed by atoms with van der Waals surface area (Å²) in [5.41, 5.74) is 1.61. The first kappa shape index (κ1) is 22.3. The number of nitrogens with one attached hydrogen (secondary N) is 1.